The van der Waals surface area contributed by atoms with E-state index >= 15 is 0 Å². The Balaban J connectivity index is 1.11. The second-order valence-corrected chi connectivity index (χ2v) is 9.80. The van der Waals surface area contributed by atoms with E-state index in [-0.39, 0.29) is 18.3 Å². The Hall–Kier alpha value is -4.58. The lowest BCUT2D eigenvalue weighted by atomic mass is 10.1. The van der Waals surface area contributed by atoms with Crippen molar-refractivity contribution in [3.63, 3.8) is 0 Å². The second kappa shape index (κ2) is 10.3. The lowest BCUT2D eigenvalue weighted by Gasteiger charge is -2.27. The van der Waals surface area contributed by atoms with Crippen LogP contribution in [-0.4, -0.2) is 72.5 Å². The maximum atomic E-state index is 13.3. The number of hydrogen-bond acceptors (Lipinski definition) is 8. The molecular formula is C27H29N9O3. The topological polar surface area (TPSA) is 123 Å². The average molecular weight is 528 g/mol. The van der Waals surface area contributed by atoms with E-state index in [1.54, 1.807) is 11.7 Å². The molecule has 2 aliphatic heterocycles. The molecule has 0 unspecified atom stereocenters. The monoisotopic (exact) mass is 527 g/mol. The third-order valence-corrected chi connectivity index (χ3v) is 6.90. The van der Waals surface area contributed by atoms with Gasteiger partial charge < -0.3 is 15.0 Å². The van der Waals surface area contributed by atoms with E-state index in [0.29, 0.717) is 31.1 Å². The molecule has 0 bridgehead atoms. The molecule has 12 heteroatoms. The van der Waals surface area contributed by atoms with Crippen molar-refractivity contribution in [3.05, 3.63) is 83.5 Å². The average Bonchev–Trinajstić information content (AvgIpc) is 3.54. The van der Waals surface area contributed by atoms with Crippen LogP contribution in [0.1, 0.15) is 33.4 Å². The van der Waals surface area contributed by atoms with E-state index in [4.69, 9.17) is 4.74 Å². The molecule has 0 aliphatic carbocycles. The summed E-state index contributed by atoms with van der Waals surface area (Å²) >= 11 is 0. The van der Waals surface area contributed by atoms with E-state index in [2.05, 4.69) is 30.4 Å². The second-order valence-electron chi connectivity index (χ2n) is 9.80. The molecule has 0 saturated heterocycles. The van der Waals surface area contributed by atoms with Gasteiger partial charge >= 0.3 is 0 Å². The van der Waals surface area contributed by atoms with Gasteiger partial charge in [-0.05, 0) is 30.2 Å². The van der Waals surface area contributed by atoms with Crippen molar-refractivity contribution in [2.24, 2.45) is 0 Å². The Labute approximate surface area is 225 Å². The lowest BCUT2D eigenvalue weighted by Crippen LogP contribution is -2.49. The molecule has 0 radical (unpaired) electrons. The first-order valence-corrected chi connectivity index (χ1v) is 12.8. The van der Waals surface area contributed by atoms with Crippen molar-refractivity contribution >= 4 is 17.5 Å². The molecule has 39 heavy (non-hydrogen) atoms. The van der Waals surface area contributed by atoms with Crippen LogP contribution in [0.15, 0.2) is 54.9 Å². The van der Waals surface area contributed by atoms with Gasteiger partial charge in [0.2, 0.25) is 5.82 Å². The summed E-state index contributed by atoms with van der Waals surface area (Å²) in [5, 5.41) is 11.4. The molecular weight excluding hydrogens is 498 g/mol. The first-order valence-electron chi connectivity index (χ1n) is 12.8. The maximum Gasteiger partial charge on any atom is 0.291 e. The molecule has 0 spiro atoms. The Morgan fingerprint density at radius 2 is 1.92 bits per heavy atom. The fraction of sp³-hybridized carbons (Fsp3) is 0.333. The summed E-state index contributed by atoms with van der Waals surface area (Å²) in [5.74, 6) is 1.53. The molecule has 0 saturated carbocycles. The van der Waals surface area contributed by atoms with E-state index in [1.807, 2.05) is 60.1 Å². The minimum atomic E-state index is -0.879. The molecule has 4 aromatic rings. The van der Waals surface area contributed by atoms with E-state index < -0.39 is 11.9 Å². The summed E-state index contributed by atoms with van der Waals surface area (Å²) in [5.41, 5.74) is 2.76. The van der Waals surface area contributed by atoms with Crippen molar-refractivity contribution < 1.29 is 14.3 Å². The Morgan fingerprint density at radius 3 is 2.77 bits per heavy atom. The summed E-state index contributed by atoms with van der Waals surface area (Å²) in [7, 11) is 1.69. The van der Waals surface area contributed by atoms with Gasteiger partial charge in [0.1, 0.15) is 36.4 Å². The van der Waals surface area contributed by atoms with E-state index in [9.17, 15) is 9.59 Å². The van der Waals surface area contributed by atoms with Gasteiger partial charge in [0.15, 0.2) is 0 Å². The molecule has 2 aromatic heterocycles. The van der Waals surface area contributed by atoms with Gasteiger partial charge in [-0.3, -0.25) is 14.5 Å². The smallest absolute Gasteiger partial charge is 0.291 e. The largest absolute Gasteiger partial charge is 0.489 e. The van der Waals surface area contributed by atoms with Crippen LogP contribution >= 0.6 is 0 Å². The predicted octanol–water partition coefficient (Wildman–Crippen LogP) is 1.40. The van der Waals surface area contributed by atoms with E-state index in [1.165, 1.54) is 11.2 Å². The van der Waals surface area contributed by atoms with Gasteiger partial charge in [-0.1, -0.05) is 36.4 Å². The van der Waals surface area contributed by atoms with Gasteiger partial charge in [0.05, 0.1) is 25.3 Å². The molecule has 2 amide bonds. The maximum absolute atomic E-state index is 13.3. The summed E-state index contributed by atoms with van der Waals surface area (Å²) in [6, 6.07) is 14.7. The van der Waals surface area contributed by atoms with Crippen LogP contribution in [0.2, 0.25) is 0 Å². The highest BCUT2D eigenvalue weighted by Crippen LogP contribution is 2.32. The Morgan fingerprint density at radius 1 is 1.08 bits per heavy atom. The van der Waals surface area contributed by atoms with Crippen molar-refractivity contribution in [2.45, 2.75) is 39.1 Å². The number of amides is 2. The zero-order valence-electron chi connectivity index (χ0n) is 21.8. The molecule has 0 fully saturated rings. The van der Waals surface area contributed by atoms with Crippen molar-refractivity contribution in [1.29, 1.82) is 0 Å². The number of nitrogens with zero attached hydrogens (tertiary/aromatic N) is 8. The van der Waals surface area contributed by atoms with Crippen molar-refractivity contribution in [3.8, 4) is 5.75 Å². The Kier molecular flexibility index (Phi) is 6.53. The van der Waals surface area contributed by atoms with Crippen LogP contribution in [0.3, 0.4) is 0 Å². The van der Waals surface area contributed by atoms with Gasteiger partial charge in [0, 0.05) is 20.1 Å². The Bertz CT molecular complexity index is 1510. The standard InChI is InChI=1S/C27H29N9O3/c1-18-29-24-15-34(10-11-36(24)31-18)13-20-8-9-23-22(12-20)33(2)27(38)21(16-39-23)30-26(37)25-28-17-35(32-25)14-19-6-4-3-5-7-19/h3-9,12,17,21H,10-11,13-16H2,1-2H3,(H,30,37)/t21-/m1/s1. The SMILES string of the molecule is Cc1nc2n(n1)CCN(Cc1ccc3c(c1)N(C)C(=O)[C@H](NC(=O)c1ncn(Cc4ccccc4)n1)CO3)C2. The molecule has 1 atom stereocenters. The highest BCUT2D eigenvalue weighted by Gasteiger charge is 2.32. The molecule has 1 N–H and O–H groups in total. The first-order chi connectivity index (χ1) is 18.9. The number of anilines is 1. The number of nitrogens with one attached hydrogen (secondary N) is 1. The third-order valence-electron chi connectivity index (χ3n) is 6.90. The zero-order valence-corrected chi connectivity index (χ0v) is 21.8. The van der Waals surface area contributed by atoms with Crippen LogP contribution in [0, 0.1) is 6.92 Å². The molecule has 6 rings (SSSR count). The lowest BCUT2D eigenvalue weighted by molar-refractivity contribution is -0.120. The summed E-state index contributed by atoms with van der Waals surface area (Å²) in [4.78, 5) is 38.7. The van der Waals surface area contributed by atoms with Gasteiger partial charge in [-0.25, -0.2) is 19.3 Å². The number of ether oxygens (including phenoxy) is 1. The number of fused-ring (bicyclic) bond motifs is 2. The number of aryl methyl sites for hydroxylation is 1. The highest BCUT2D eigenvalue weighted by atomic mass is 16.5. The number of likely N-dealkylation sites (N-methyl/N-ethyl adjacent to an activating group) is 1. The molecule has 12 nitrogen and oxygen atoms in total. The van der Waals surface area contributed by atoms with Gasteiger partial charge in [-0.2, -0.15) is 5.10 Å². The van der Waals surface area contributed by atoms with Crippen molar-refractivity contribution in [1.82, 2.24) is 39.7 Å². The minimum absolute atomic E-state index is 0.00186. The van der Waals surface area contributed by atoms with E-state index in [0.717, 1.165) is 35.9 Å². The predicted molar refractivity (Wildman–Crippen MR) is 141 cm³/mol. The fourth-order valence-corrected chi connectivity index (χ4v) is 4.92. The van der Waals surface area contributed by atoms with Crippen LogP contribution in [-0.2, 0) is 31.0 Å². The summed E-state index contributed by atoms with van der Waals surface area (Å²) < 4.78 is 9.51. The van der Waals surface area contributed by atoms with Crippen LogP contribution < -0.4 is 15.0 Å². The van der Waals surface area contributed by atoms with Crippen LogP contribution in [0.5, 0.6) is 5.75 Å². The molecule has 2 aromatic carbocycles. The third kappa shape index (κ3) is 5.23. The molecule has 200 valence electrons. The first kappa shape index (κ1) is 24.7. The number of carbonyl (C=O) groups excluding carboxylic acids is 2. The number of benzene rings is 2. The number of rotatable bonds is 6. The van der Waals surface area contributed by atoms with Gasteiger partial charge in [0.25, 0.3) is 11.8 Å². The number of carbonyl (C=O) groups is 2. The summed E-state index contributed by atoms with van der Waals surface area (Å²) in [6.45, 7) is 5.48. The highest BCUT2D eigenvalue weighted by molar-refractivity contribution is 6.02. The van der Waals surface area contributed by atoms with Gasteiger partial charge in [-0.15, -0.1) is 5.10 Å². The normalized spacial score (nSPS) is 17.2. The number of hydrogen-bond donors (Lipinski definition) is 1. The number of aromatic nitrogens is 6. The minimum Gasteiger partial charge on any atom is -0.489 e. The fourth-order valence-electron chi connectivity index (χ4n) is 4.92. The van der Waals surface area contributed by atoms with Crippen LogP contribution in [0.4, 0.5) is 5.69 Å². The quantitative estimate of drug-likeness (QED) is 0.399. The molecule has 2 aliphatic rings. The molecule has 4 heterocycles. The zero-order chi connectivity index (χ0) is 26.9. The van der Waals surface area contributed by atoms with Crippen molar-refractivity contribution in [2.75, 3.05) is 25.1 Å². The summed E-state index contributed by atoms with van der Waals surface area (Å²) in [6.07, 6.45) is 1.50. The van der Waals surface area contributed by atoms with Crippen LogP contribution in [0.25, 0.3) is 0 Å².